The Bertz CT molecular complexity index is 828. The number of hydrogen-bond donors (Lipinski definition) is 3. The maximum atomic E-state index is 12.6. The highest BCUT2D eigenvalue weighted by molar-refractivity contribution is 7.86. The normalized spacial score (nSPS) is 14.4. The van der Waals surface area contributed by atoms with Crippen LogP contribution >= 0.6 is 0 Å². The number of fused-ring (bicyclic) bond motifs is 1. The van der Waals surface area contributed by atoms with Crippen molar-refractivity contribution in [2.45, 2.75) is 32.1 Å². The summed E-state index contributed by atoms with van der Waals surface area (Å²) in [5.41, 5.74) is 3.21. The van der Waals surface area contributed by atoms with Crippen molar-refractivity contribution < 1.29 is 9.00 Å². The summed E-state index contributed by atoms with van der Waals surface area (Å²) in [6.45, 7) is 6.51. The van der Waals surface area contributed by atoms with Crippen LogP contribution in [-0.2, 0) is 22.2 Å². The number of hydrogen-bond acceptors (Lipinski definition) is 3. The van der Waals surface area contributed by atoms with Gasteiger partial charge in [0.1, 0.15) is 11.0 Å². The Hall–Kier alpha value is -2.34. The van der Waals surface area contributed by atoms with Gasteiger partial charge >= 0.3 is 0 Å². The molecule has 6 heteroatoms. The van der Waals surface area contributed by atoms with Crippen LogP contribution in [0.5, 0.6) is 0 Å². The molecule has 3 N–H and O–H groups in total. The second-order valence-corrected chi connectivity index (χ2v) is 8.36. The molecule has 1 unspecified atom stereocenters. The van der Waals surface area contributed by atoms with E-state index >= 15 is 0 Å². The SMILES string of the molecule is CC(C)(C)C(=O)Nc1cccc(NS(=O)c2ccc3c(c2)NCC3)c1. The van der Waals surface area contributed by atoms with Crippen LogP contribution in [0.1, 0.15) is 26.3 Å². The lowest BCUT2D eigenvalue weighted by atomic mass is 9.95. The van der Waals surface area contributed by atoms with Gasteiger partial charge in [0.15, 0.2) is 0 Å². The Morgan fingerprint density at radius 1 is 1.12 bits per heavy atom. The number of nitrogens with one attached hydrogen (secondary N) is 3. The lowest BCUT2D eigenvalue weighted by Crippen LogP contribution is -2.27. The second-order valence-electron chi connectivity index (χ2n) is 7.15. The van der Waals surface area contributed by atoms with Crippen molar-refractivity contribution >= 4 is 34.0 Å². The van der Waals surface area contributed by atoms with Crippen LogP contribution in [-0.4, -0.2) is 16.7 Å². The minimum Gasteiger partial charge on any atom is -0.384 e. The molecule has 1 aliphatic rings. The van der Waals surface area contributed by atoms with Gasteiger partial charge in [0.25, 0.3) is 0 Å². The first-order valence-electron chi connectivity index (χ1n) is 8.30. The zero-order valence-electron chi connectivity index (χ0n) is 14.7. The van der Waals surface area contributed by atoms with Crippen molar-refractivity contribution in [3.05, 3.63) is 48.0 Å². The Morgan fingerprint density at radius 2 is 1.88 bits per heavy atom. The van der Waals surface area contributed by atoms with Crippen LogP contribution in [0.2, 0.25) is 0 Å². The fourth-order valence-corrected chi connectivity index (χ4v) is 3.41. The van der Waals surface area contributed by atoms with Gasteiger partial charge in [-0.2, -0.15) is 0 Å². The molecule has 1 heterocycles. The molecule has 25 heavy (non-hydrogen) atoms. The highest BCUT2D eigenvalue weighted by atomic mass is 32.2. The summed E-state index contributed by atoms with van der Waals surface area (Å²) in [7, 11) is -1.37. The van der Waals surface area contributed by atoms with Crippen molar-refractivity contribution in [1.29, 1.82) is 0 Å². The number of carbonyl (C=O) groups excluding carboxylic acids is 1. The summed E-state index contributed by atoms with van der Waals surface area (Å²) < 4.78 is 15.6. The zero-order chi connectivity index (χ0) is 18.0. The van der Waals surface area contributed by atoms with Gasteiger partial charge < -0.3 is 15.4 Å². The molecule has 2 aromatic rings. The van der Waals surface area contributed by atoms with E-state index in [4.69, 9.17) is 0 Å². The maximum Gasteiger partial charge on any atom is 0.229 e. The highest BCUT2D eigenvalue weighted by Crippen LogP contribution is 2.26. The monoisotopic (exact) mass is 357 g/mol. The zero-order valence-corrected chi connectivity index (χ0v) is 15.5. The maximum absolute atomic E-state index is 12.6. The first-order valence-corrected chi connectivity index (χ1v) is 9.45. The van der Waals surface area contributed by atoms with Gasteiger partial charge in [-0.15, -0.1) is 0 Å². The van der Waals surface area contributed by atoms with E-state index < -0.39 is 16.4 Å². The van der Waals surface area contributed by atoms with Crippen LogP contribution in [0.3, 0.4) is 0 Å². The highest BCUT2D eigenvalue weighted by Gasteiger charge is 2.21. The van der Waals surface area contributed by atoms with E-state index in [1.165, 1.54) is 5.56 Å². The molecule has 1 amide bonds. The molecule has 132 valence electrons. The van der Waals surface area contributed by atoms with E-state index in [0.29, 0.717) is 11.4 Å². The van der Waals surface area contributed by atoms with Gasteiger partial charge in [0.05, 0.1) is 4.90 Å². The van der Waals surface area contributed by atoms with Crippen LogP contribution < -0.4 is 15.4 Å². The predicted octanol–water partition coefficient (Wildman–Crippen LogP) is 3.77. The lowest BCUT2D eigenvalue weighted by Gasteiger charge is -2.18. The van der Waals surface area contributed by atoms with E-state index in [-0.39, 0.29) is 5.91 Å². The van der Waals surface area contributed by atoms with Gasteiger partial charge in [0, 0.05) is 29.0 Å². The summed E-state index contributed by atoms with van der Waals surface area (Å²) in [6, 6.07) is 13.1. The largest absolute Gasteiger partial charge is 0.384 e. The molecule has 0 fully saturated rings. The molecule has 0 saturated heterocycles. The average Bonchev–Trinajstić information content (AvgIpc) is 3.01. The van der Waals surface area contributed by atoms with E-state index in [1.807, 2.05) is 57.2 Å². The van der Waals surface area contributed by atoms with E-state index in [2.05, 4.69) is 15.4 Å². The standard InChI is InChI=1S/C19H23N3O2S/c1-19(2,3)18(23)21-14-5-4-6-15(11-14)22-25(24)16-8-7-13-9-10-20-17(13)12-16/h4-8,11-12,20,22H,9-10H2,1-3H3,(H,21,23). The summed E-state index contributed by atoms with van der Waals surface area (Å²) in [4.78, 5) is 12.8. The van der Waals surface area contributed by atoms with E-state index in [1.54, 1.807) is 6.07 Å². The first kappa shape index (κ1) is 17.5. The molecule has 0 aromatic heterocycles. The first-order chi connectivity index (χ1) is 11.8. The van der Waals surface area contributed by atoms with E-state index in [0.717, 1.165) is 23.5 Å². The molecule has 0 radical (unpaired) electrons. The molecule has 0 bridgehead atoms. The minimum atomic E-state index is -1.37. The van der Waals surface area contributed by atoms with E-state index in [9.17, 15) is 9.00 Å². The molecule has 2 aromatic carbocycles. The smallest absolute Gasteiger partial charge is 0.229 e. The molecular weight excluding hydrogens is 334 g/mol. The van der Waals surface area contributed by atoms with Crippen LogP contribution in [0, 0.1) is 5.41 Å². The molecule has 3 rings (SSSR count). The Morgan fingerprint density at radius 3 is 2.64 bits per heavy atom. The summed E-state index contributed by atoms with van der Waals surface area (Å²) in [5.74, 6) is -0.0598. The Kier molecular flexibility index (Phi) is 4.81. The molecule has 1 atom stereocenters. The van der Waals surface area contributed by atoms with Gasteiger partial charge in [-0.1, -0.05) is 32.9 Å². The van der Waals surface area contributed by atoms with Crippen molar-refractivity contribution in [3.8, 4) is 0 Å². The Labute approximate surface area is 150 Å². The third-order valence-corrected chi connectivity index (χ3v) is 5.12. The number of carbonyl (C=O) groups is 1. The topological polar surface area (TPSA) is 70.2 Å². The average molecular weight is 357 g/mol. The third-order valence-electron chi connectivity index (χ3n) is 4.02. The van der Waals surface area contributed by atoms with Crippen molar-refractivity contribution in [2.24, 2.45) is 5.41 Å². The fraction of sp³-hybridized carbons (Fsp3) is 0.316. The van der Waals surface area contributed by atoms with Gasteiger partial charge in [0.2, 0.25) is 5.91 Å². The fourth-order valence-electron chi connectivity index (χ4n) is 2.53. The summed E-state index contributed by atoms with van der Waals surface area (Å²) in [6.07, 6.45) is 1.01. The Balaban J connectivity index is 1.71. The molecule has 5 nitrogen and oxygen atoms in total. The summed E-state index contributed by atoms with van der Waals surface area (Å²) in [5, 5.41) is 6.18. The van der Waals surface area contributed by atoms with Crippen LogP contribution in [0.15, 0.2) is 47.4 Å². The third kappa shape index (κ3) is 4.20. The summed E-state index contributed by atoms with van der Waals surface area (Å²) >= 11 is 0. The van der Waals surface area contributed by atoms with Crippen molar-refractivity contribution in [1.82, 2.24) is 0 Å². The van der Waals surface area contributed by atoms with Crippen molar-refractivity contribution in [2.75, 3.05) is 21.9 Å². The second kappa shape index (κ2) is 6.88. The van der Waals surface area contributed by atoms with Crippen LogP contribution in [0.25, 0.3) is 0 Å². The molecule has 0 spiro atoms. The van der Waals surface area contributed by atoms with Gasteiger partial charge in [-0.3, -0.25) is 4.79 Å². The molecule has 1 aliphatic heterocycles. The number of rotatable bonds is 4. The van der Waals surface area contributed by atoms with Gasteiger partial charge in [-0.25, -0.2) is 4.21 Å². The lowest BCUT2D eigenvalue weighted by molar-refractivity contribution is -0.123. The van der Waals surface area contributed by atoms with Crippen LogP contribution in [0.4, 0.5) is 17.1 Å². The quantitative estimate of drug-likeness (QED) is 0.780. The molecule has 0 aliphatic carbocycles. The number of anilines is 3. The van der Waals surface area contributed by atoms with Crippen molar-refractivity contribution in [3.63, 3.8) is 0 Å². The van der Waals surface area contributed by atoms with Gasteiger partial charge in [-0.05, 0) is 42.3 Å². The molecular formula is C19H23N3O2S. The molecule has 0 saturated carbocycles. The predicted molar refractivity (Wildman–Crippen MR) is 103 cm³/mol. The number of benzene rings is 2. The minimum absolute atomic E-state index is 0.0598. The number of amides is 1.